The fourth-order valence-corrected chi connectivity index (χ4v) is 2.30. The molecule has 2 aromatic rings. The lowest BCUT2D eigenvalue weighted by molar-refractivity contribution is -0.123. The number of benzene rings is 2. The fourth-order valence-electron chi connectivity index (χ4n) is 2.30. The molecule has 2 amide bonds. The van der Waals surface area contributed by atoms with Crippen molar-refractivity contribution in [3.05, 3.63) is 59.7 Å². The van der Waals surface area contributed by atoms with Crippen LogP contribution in [0, 0.1) is 6.92 Å². The number of anilines is 1. The molecule has 22 heavy (non-hydrogen) atoms. The molecule has 1 unspecified atom stereocenters. The van der Waals surface area contributed by atoms with Crippen molar-refractivity contribution in [2.45, 2.75) is 13.0 Å². The van der Waals surface area contributed by atoms with Gasteiger partial charge >= 0.3 is 0 Å². The highest BCUT2D eigenvalue weighted by atomic mass is 16.5. The summed E-state index contributed by atoms with van der Waals surface area (Å²) >= 11 is 0. The van der Waals surface area contributed by atoms with Crippen LogP contribution in [0.2, 0.25) is 0 Å². The summed E-state index contributed by atoms with van der Waals surface area (Å²) in [6.45, 7) is 2.04. The second-order valence-corrected chi connectivity index (χ2v) is 5.17. The normalized spacial score (nSPS) is 16.2. The highest BCUT2D eigenvalue weighted by Gasteiger charge is 2.27. The van der Waals surface area contributed by atoms with E-state index in [1.165, 1.54) is 0 Å². The van der Waals surface area contributed by atoms with Gasteiger partial charge < -0.3 is 15.4 Å². The number of carbonyl (C=O) groups excluding carboxylic acids is 2. The molecule has 0 saturated carbocycles. The van der Waals surface area contributed by atoms with Crippen LogP contribution in [-0.2, 0) is 4.79 Å². The monoisotopic (exact) mass is 296 g/mol. The number of hydrogen-bond donors (Lipinski definition) is 2. The average molecular weight is 296 g/mol. The van der Waals surface area contributed by atoms with Gasteiger partial charge in [0.1, 0.15) is 5.75 Å². The molecule has 1 atom stereocenters. The standard InChI is InChI=1S/C17H16N2O3/c1-11-5-4-6-12(9-11)16(20)18-10-15-17(21)19-13-7-2-3-8-14(13)22-15/h2-9,15H,10H2,1H3,(H,18,20)(H,19,21). The van der Waals surface area contributed by atoms with Crippen LogP contribution in [-0.4, -0.2) is 24.5 Å². The number of fused-ring (bicyclic) bond motifs is 1. The van der Waals surface area contributed by atoms with E-state index in [0.717, 1.165) is 5.56 Å². The van der Waals surface area contributed by atoms with E-state index in [2.05, 4.69) is 10.6 Å². The van der Waals surface area contributed by atoms with Gasteiger partial charge in [-0.1, -0.05) is 29.8 Å². The summed E-state index contributed by atoms with van der Waals surface area (Å²) in [4.78, 5) is 24.1. The highest BCUT2D eigenvalue weighted by Crippen LogP contribution is 2.28. The lowest BCUT2D eigenvalue weighted by Crippen LogP contribution is -2.45. The first kappa shape index (κ1) is 14.1. The van der Waals surface area contributed by atoms with Crippen molar-refractivity contribution in [3.8, 4) is 5.75 Å². The van der Waals surface area contributed by atoms with Crippen molar-refractivity contribution in [2.24, 2.45) is 0 Å². The van der Waals surface area contributed by atoms with E-state index in [4.69, 9.17) is 4.74 Å². The van der Waals surface area contributed by atoms with E-state index in [1.807, 2.05) is 31.2 Å². The van der Waals surface area contributed by atoms with Gasteiger partial charge in [-0.2, -0.15) is 0 Å². The van der Waals surface area contributed by atoms with Gasteiger partial charge in [-0.15, -0.1) is 0 Å². The SMILES string of the molecule is Cc1cccc(C(=O)NCC2Oc3ccccc3NC2=O)c1. The van der Waals surface area contributed by atoms with Gasteiger partial charge in [0.25, 0.3) is 11.8 Å². The zero-order valence-corrected chi connectivity index (χ0v) is 12.1. The lowest BCUT2D eigenvalue weighted by atomic mass is 10.1. The molecule has 1 aliphatic heterocycles. The first-order chi connectivity index (χ1) is 10.6. The summed E-state index contributed by atoms with van der Waals surface area (Å²) in [5, 5.41) is 5.50. The van der Waals surface area contributed by atoms with E-state index in [9.17, 15) is 9.59 Å². The van der Waals surface area contributed by atoms with Crippen molar-refractivity contribution in [2.75, 3.05) is 11.9 Å². The fraction of sp³-hybridized carbons (Fsp3) is 0.176. The number of nitrogens with one attached hydrogen (secondary N) is 2. The molecule has 0 aromatic heterocycles. The van der Waals surface area contributed by atoms with E-state index in [0.29, 0.717) is 17.0 Å². The van der Waals surface area contributed by atoms with Crippen LogP contribution >= 0.6 is 0 Å². The minimum Gasteiger partial charge on any atom is -0.477 e. The molecule has 0 aliphatic carbocycles. The Bertz CT molecular complexity index is 727. The Morgan fingerprint density at radius 1 is 1.23 bits per heavy atom. The second kappa shape index (κ2) is 5.89. The van der Waals surface area contributed by atoms with Crippen molar-refractivity contribution in [3.63, 3.8) is 0 Å². The number of para-hydroxylation sites is 2. The Kier molecular flexibility index (Phi) is 3.78. The Hall–Kier alpha value is -2.82. The number of rotatable bonds is 3. The average Bonchev–Trinajstić information content (AvgIpc) is 2.52. The van der Waals surface area contributed by atoms with Crippen LogP contribution < -0.4 is 15.4 Å². The molecule has 2 aromatic carbocycles. The minimum absolute atomic E-state index is 0.118. The molecule has 0 radical (unpaired) electrons. The summed E-state index contributed by atoms with van der Waals surface area (Å²) in [5.74, 6) is 0.124. The summed E-state index contributed by atoms with van der Waals surface area (Å²) in [7, 11) is 0. The lowest BCUT2D eigenvalue weighted by Gasteiger charge is -2.25. The topological polar surface area (TPSA) is 67.4 Å². The quantitative estimate of drug-likeness (QED) is 0.911. The molecule has 0 bridgehead atoms. The Labute approximate surface area is 128 Å². The molecule has 2 N–H and O–H groups in total. The predicted molar refractivity (Wildman–Crippen MR) is 83.0 cm³/mol. The first-order valence-corrected chi connectivity index (χ1v) is 7.05. The maximum atomic E-state index is 12.1. The van der Waals surface area contributed by atoms with Gasteiger partial charge in [0.15, 0.2) is 6.10 Å². The largest absolute Gasteiger partial charge is 0.477 e. The van der Waals surface area contributed by atoms with Gasteiger partial charge in [-0.05, 0) is 31.2 Å². The van der Waals surface area contributed by atoms with Crippen LogP contribution in [0.4, 0.5) is 5.69 Å². The number of carbonyl (C=O) groups is 2. The molecule has 3 rings (SSSR count). The minimum atomic E-state index is -0.733. The van der Waals surface area contributed by atoms with Gasteiger partial charge in [0.05, 0.1) is 12.2 Å². The predicted octanol–water partition coefficient (Wildman–Crippen LogP) is 2.12. The van der Waals surface area contributed by atoms with E-state index in [-0.39, 0.29) is 18.4 Å². The van der Waals surface area contributed by atoms with Crippen LogP contribution in [0.15, 0.2) is 48.5 Å². The summed E-state index contributed by atoms with van der Waals surface area (Å²) in [6, 6.07) is 14.5. The van der Waals surface area contributed by atoms with Crippen LogP contribution in [0.25, 0.3) is 0 Å². The van der Waals surface area contributed by atoms with Crippen LogP contribution in [0.1, 0.15) is 15.9 Å². The van der Waals surface area contributed by atoms with Crippen LogP contribution in [0.3, 0.4) is 0 Å². The number of aryl methyl sites for hydroxylation is 1. The zero-order valence-electron chi connectivity index (χ0n) is 12.1. The van der Waals surface area contributed by atoms with Crippen molar-refractivity contribution >= 4 is 17.5 Å². The Morgan fingerprint density at radius 3 is 2.86 bits per heavy atom. The molecule has 112 valence electrons. The molecule has 5 nitrogen and oxygen atoms in total. The third-order valence-electron chi connectivity index (χ3n) is 3.43. The molecule has 0 saturated heterocycles. The molecule has 0 fully saturated rings. The maximum Gasteiger partial charge on any atom is 0.267 e. The van der Waals surface area contributed by atoms with Gasteiger partial charge in [-0.25, -0.2) is 0 Å². The Balaban J connectivity index is 1.65. The third-order valence-corrected chi connectivity index (χ3v) is 3.43. The number of amides is 2. The van der Waals surface area contributed by atoms with E-state index >= 15 is 0 Å². The number of ether oxygens (including phenoxy) is 1. The van der Waals surface area contributed by atoms with Gasteiger partial charge in [0.2, 0.25) is 0 Å². The van der Waals surface area contributed by atoms with Crippen LogP contribution in [0.5, 0.6) is 5.75 Å². The van der Waals surface area contributed by atoms with Gasteiger partial charge in [-0.3, -0.25) is 9.59 Å². The van der Waals surface area contributed by atoms with E-state index < -0.39 is 6.10 Å². The molecule has 0 spiro atoms. The summed E-state index contributed by atoms with van der Waals surface area (Å²) < 4.78 is 5.63. The molecule has 1 aliphatic rings. The summed E-state index contributed by atoms with van der Waals surface area (Å²) in [6.07, 6.45) is -0.733. The zero-order chi connectivity index (χ0) is 15.5. The smallest absolute Gasteiger partial charge is 0.267 e. The third kappa shape index (κ3) is 2.93. The molecular formula is C17H16N2O3. The van der Waals surface area contributed by atoms with Crippen molar-refractivity contribution in [1.29, 1.82) is 0 Å². The molecular weight excluding hydrogens is 280 g/mol. The first-order valence-electron chi connectivity index (χ1n) is 7.05. The van der Waals surface area contributed by atoms with Gasteiger partial charge in [0, 0.05) is 5.56 Å². The highest BCUT2D eigenvalue weighted by molar-refractivity contribution is 5.99. The Morgan fingerprint density at radius 2 is 2.05 bits per heavy atom. The summed E-state index contributed by atoms with van der Waals surface area (Å²) in [5.41, 5.74) is 2.22. The second-order valence-electron chi connectivity index (χ2n) is 5.17. The molecule has 5 heteroatoms. The van der Waals surface area contributed by atoms with E-state index in [1.54, 1.807) is 24.3 Å². The molecule has 1 heterocycles. The van der Waals surface area contributed by atoms with Crippen molar-refractivity contribution in [1.82, 2.24) is 5.32 Å². The number of hydrogen-bond acceptors (Lipinski definition) is 3. The van der Waals surface area contributed by atoms with Crippen molar-refractivity contribution < 1.29 is 14.3 Å². The maximum absolute atomic E-state index is 12.1.